The van der Waals surface area contributed by atoms with Crippen molar-refractivity contribution < 1.29 is 28.2 Å². The lowest BCUT2D eigenvalue weighted by Gasteiger charge is -2.21. The summed E-state index contributed by atoms with van der Waals surface area (Å²) in [6, 6.07) is 7.75. The second-order valence-electron chi connectivity index (χ2n) is 7.13. The summed E-state index contributed by atoms with van der Waals surface area (Å²) in [5, 5.41) is 7.66. The van der Waals surface area contributed by atoms with Gasteiger partial charge >= 0.3 is 0 Å². The number of benzene rings is 2. The van der Waals surface area contributed by atoms with Crippen molar-refractivity contribution in [2.24, 2.45) is 5.92 Å². The number of halogens is 1. The Hall–Kier alpha value is -3.62. The highest BCUT2D eigenvalue weighted by molar-refractivity contribution is 6.05. The lowest BCUT2D eigenvalue weighted by Crippen LogP contribution is -2.46. The van der Waals surface area contributed by atoms with Crippen molar-refractivity contribution in [1.82, 2.24) is 5.32 Å². The van der Waals surface area contributed by atoms with Gasteiger partial charge in [-0.2, -0.15) is 0 Å². The van der Waals surface area contributed by atoms with Crippen LogP contribution >= 0.6 is 0 Å². The topological polar surface area (TPSA) is 106 Å². The summed E-state index contributed by atoms with van der Waals surface area (Å²) in [4.78, 5) is 36.3. The van der Waals surface area contributed by atoms with E-state index < -0.39 is 23.7 Å². The molecule has 1 heterocycles. The van der Waals surface area contributed by atoms with Crippen molar-refractivity contribution in [3.63, 3.8) is 0 Å². The Labute approximate surface area is 172 Å². The number of nitrogens with one attached hydrogen (secondary N) is 3. The molecule has 30 heavy (non-hydrogen) atoms. The third kappa shape index (κ3) is 4.86. The van der Waals surface area contributed by atoms with Crippen LogP contribution in [0.2, 0.25) is 0 Å². The van der Waals surface area contributed by atoms with E-state index in [9.17, 15) is 18.8 Å². The summed E-state index contributed by atoms with van der Waals surface area (Å²) in [6.45, 7) is 4.92. The molecule has 0 fully saturated rings. The molecule has 1 aliphatic heterocycles. The first-order chi connectivity index (χ1) is 14.2. The molecule has 3 amide bonds. The summed E-state index contributed by atoms with van der Waals surface area (Å²) < 4.78 is 24.7. The minimum absolute atomic E-state index is 0.0945. The smallest absolute Gasteiger partial charge is 0.255 e. The second kappa shape index (κ2) is 8.81. The fourth-order valence-corrected chi connectivity index (χ4v) is 2.90. The van der Waals surface area contributed by atoms with Gasteiger partial charge in [-0.3, -0.25) is 14.4 Å². The van der Waals surface area contributed by atoms with Crippen LogP contribution in [-0.4, -0.2) is 30.6 Å². The zero-order chi connectivity index (χ0) is 21.8. The number of hydrogen-bond acceptors (Lipinski definition) is 5. The minimum Gasteiger partial charge on any atom is -0.454 e. The van der Waals surface area contributed by atoms with Gasteiger partial charge in [-0.05, 0) is 42.3 Å². The number of ether oxygens (including phenoxy) is 2. The van der Waals surface area contributed by atoms with Crippen LogP contribution in [0.4, 0.5) is 15.8 Å². The van der Waals surface area contributed by atoms with Crippen LogP contribution in [0.3, 0.4) is 0 Å². The summed E-state index contributed by atoms with van der Waals surface area (Å²) >= 11 is 0. The van der Waals surface area contributed by atoms with Crippen molar-refractivity contribution in [3.8, 4) is 11.5 Å². The number of amides is 3. The molecular formula is C21H22FN3O5. The van der Waals surface area contributed by atoms with Crippen molar-refractivity contribution in [3.05, 3.63) is 47.8 Å². The van der Waals surface area contributed by atoms with Gasteiger partial charge in [0, 0.05) is 18.2 Å². The van der Waals surface area contributed by atoms with Crippen LogP contribution in [0.1, 0.15) is 31.1 Å². The van der Waals surface area contributed by atoms with E-state index >= 15 is 0 Å². The molecule has 0 saturated heterocycles. The molecule has 158 valence electrons. The van der Waals surface area contributed by atoms with E-state index in [4.69, 9.17) is 9.47 Å². The van der Waals surface area contributed by atoms with Gasteiger partial charge in [0.15, 0.2) is 11.5 Å². The van der Waals surface area contributed by atoms with Crippen molar-refractivity contribution in [1.29, 1.82) is 0 Å². The zero-order valence-electron chi connectivity index (χ0n) is 16.7. The largest absolute Gasteiger partial charge is 0.454 e. The van der Waals surface area contributed by atoms with Gasteiger partial charge in [0.1, 0.15) is 11.9 Å². The third-order valence-corrected chi connectivity index (χ3v) is 4.42. The minimum atomic E-state index is -0.825. The first-order valence-corrected chi connectivity index (χ1v) is 9.33. The average Bonchev–Trinajstić information content (AvgIpc) is 3.16. The van der Waals surface area contributed by atoms with Crippen LogP contribution in [0, 0.1) is 11.7 Å². The standard InChI is InChI=1S/C21H22FN3O5/c1-11(2)19(23-12(3)26)21(28)25-16-9-14(5-6-15(16)22)24-20(27)13-4-7-17-18(8-13)30-10-29-17/h4-9,11,19H,10H2,1-3H3,(H,23,26)(H,24,27)(H,25,28)/t19-/m1/s1. The van der Waals surface area contributed by atoms with Crippen LogP contribution in [0.15, 0.2) is 36.4 Å². The van der Waals surface area contributed by atoms with E-state index in [1.807, 2.05) is 0 Å². The molecule has 3 rings (SSSR count). The van der Waals surface area contributed by atoms with Crippen LogP contribution in [0.5, 0.6) is 11.5 Å². The zero-order valence-corrected chi connectivity index (χ0v) is 16.7. The molecule has 0 saturated carbocycles. The quantitative estimate of drug-likeness (QED) is 0.673. The third-order valence-electron chi connectivity index (χ3n) is 4.42. The van der Waals surface area contributed by atoms with Crippen molar-refractivity contribution in [2.75, 3.05) is 17.4 Å². The first kappa shape index (κ1) is 21.1. The Morgan fingerprint density at radius 3 is 2.43 bits per heavy atom. The number of carbonyl (C=O) groups excluding carboxylic acids is 3. The maximum Gasteiger partial charge on any atom is 0.255 e. The van der Waals surface area contributed by atoms with E-state index in [1.165, 1.54) is 19.1 Å². The fourth-order valence-electron chi connectivity index (χ4n) is 2.90. The lowest BCUT2D eigenvalue weighted by molar-refractivity contribution is -0.126. The molecule has 1 atom stereocenters. The normalized spacial score (nSPS) is 13.0. The predicted molar refractivity (Wildman–Crippen MR) is 108 cm³/mol. The summed E-state index contributed by atoms with van der Waals surface area (Å²) in [5.41, 5.74) is 0.508. The Morgan fingerprint density at radius 2 is 1.73 bits per heavy atom. The van der Waals surface area contributed by atoms with Crippen molar-refractivity contribution in [2.45, 2.75) is 26.8 Å². The van der Waals surface area contributed by atoms with E-state index in [-0.39, 0.29) is 30.0 Å². The van der Waals surface area contributed by atoms with Gasteiger partial charge in [0.25, 0.3) is 5.91 Å². The van der Waals surface area contributed by atoms with Gasteiger partial charge in [0.2, 0.25) is 18.6 Å². The number of rotatable bonds is 6. The molecule has 0 spiro atoms. The Bertz CT molecular complexity index is 993. The molecule has 8 nitrogen and oxygen atoms in total. The SMILES string of the molecule is CC(=O)N[C@@H](C(=O)Nc1cc(NC(=O)c2ccc3c(c2)OCO3)ccc1F)C(C)C. The van der Waals surface area contributed by atoms with Gasteiger partial charge in [0.05, 0.1) is 5.69 Å². The number of carbonyl (C=O) groups is 3. The van der Waals surface area contributed by atoms with Gasteiger partial charge in [-0.15, -0.1) is 0 Å². The maximum absolute atomic E-state index is 14.2. The maximum atomic E-state index is 14.2. The van der Waals surface area contributed by atoms with Crippen LogP contribution in [0.25, 0.3) is 0 Å². The number of hydrogen-bond donors (Lipinski definition) is 3. The second-order valence-corrected chi connectivity index (χ2v) is 7.13. The average molecular weight is 415 g/mol. The molecule has 2 aromatic carbocycles. The van der Waals surface area contributed by atoms with Gasteiger partial charge < -0.3 is 25.4 Å². The Morgan fingerprint density at radius 1 is 1.00 bits per heavy atom. The first-order valence-electron chi connectivity index (χ1n) is 9.33. The Kier molecular flexibility index (Phi) is 6.20. The molecule has 3 N–H and O–H groups in total. The molecule has 0 radical (unpaired) electrons. The van der Waals surface area contributed by atoms with Gasteiger partial charge in [-0.25, -0.2) is 4.39 Å². The number of fused-ring (bicyclic) bond motifs is 1. The highest BCUT2D eigenvalue weighted by Crippen LogP contribution is 2.32. The molecule has 0 aliphatic carbocycles. The molecule has 0 aromatic heterocycles. The van der Waals surface area contributed by atoms with E-state index in [2.05, 4.69) is 16.0 Å². The summed E-state index contributed by atoms with van der Waals surface area (Å²) in [5.74, 6) is -1.21. The molecule has 9 heteroatoms. The highest BCUT2D eigenvalue weighted by atomic mass is 19.1. The summed E-state index contributed by atoms with van der Waals surface area (Å²) in [7, 11) is 0. The molecule has 0 unspecified atom stereocenters. The molecular weight excluding hydrogens is 393 g/mol. The molecule has 2 aromatic rings. The van der Waals surface area contributed by atoms with E-state index in [0.717, 1.165) is 6.07 Å². The highest BCUT2D eigenvalue weighted by Gasteiger charge is 2.24. The monoisotopic (exact) mass is 415 g/mol. The van der Waals surface area contributed by atoms with Gasteiger partial charge in [-0.1, -0.05) is 13.8 Å². The summed E-state index contributed by atoms with van der Waals surface area (Å²) in [6.07, 6.45) is 0. The van der Waals surface area contributed by atoms with Crippen LogP contribution in [-0.2, 0) is 9.59 Å². The van der Waals surface area contributed by atoms with Crippen LogP contribution < -0.4 is 25.4 Å². The lowest BCUT2D eigenvalue weighted by atomic mass is 10.0. The van der Waals surface area contributed by atoms with E-state index in [1.54, 1.807) is 32.0 Å². The van der Waals surface area contributed by atoms with Crippen molar-refractivity contribution >= 4 is 29.1 Å². The van der Waals surface area contributed by atoms with E-state index in [0.29, 0.717) is 17.1 Å². The molecule has 0 bridgehead atoms. The predicted octanol–water partition coefficient (Wildman–Crippen LogP) is 2.91. The fraction of sp³-hybridized carbons (Fsp3) is 0.286. The number of anilines is 2. The molecule has 1 aliphatic rings. The Balaban J connectivity index is 1.74.